The number of carbonyl (C=O) groups is 2. The van der Waals surface area contributed by atoms with Crippen LogP contribution >= 0.6 is 0 Å². The molecule has 0 radical (unpaired) electrons. The molecule has 3 rings (SSSR count). The molecular formula is C17H21F2N3O2. The van der Waals surface area contributed by atoms with Crippen molar-refractivity contribution >= 4 is 11.8 Å². The van der Waals surface area contributed by atoms with Gasteiger partial charge in [-0.1, -0.05) is 0 Å². The summed E-state index contributed by atoms with van der Waals surface area (Å²) < 4.78 is 26.6. The molecule has 0 aromatic carbocycles. The molecule has 24 heavy (non-hydrogen) atoms. The lowest BCUT2D eigenvalue weighted by Crippen LogP contribution is -2.40. The molecule has 2 saturated heterocycles. The first-order chi connectivity index (χ1) is 11.5. The van der Waals surface area contributed by atoms with Crippen LogP contribution in [-0.4, -0.2) is 52.8 Å². The van der Waals surface area contributed by atoms with Crippen LogP contribution in [0.3, 0.4) is 0 Å². The van der Waals surface area contributed by atoms with Gasteiger partial charge in [0.25, 0.3) is 5.91 Å². The van der Waals surface area contributed by atoms with Gasteiger partial charge in [-0.15, -0.1) is 0 Å². The van der Waals surface area contributed by atoms with Crippen molar-refractivity contribution in [2.45, 2.75) is 32.1 Å². The van der Waals surface area contributed by atoms with E-state index >= 15 is 0 Å². The maximum Gasteiger partial charge on any atom is 0.275 e. The highest BCUT2D eigenvalue weighted by Crippen LogP contribution is 2.23. The summed E-state index contributed by atoms with van der Waals surface area (Å²) in [6.07, 6.45) is 5.06. The zero-order valence-corrected chi connectivity index (χ0v) is 13.5. The van der Waals surface area contributed by atoms with E-state index in [9.17, 15) is 18.4 Å². The Hall–Kier alpha value is -2.05. The Kier molecular flexibility index (Phi) is 5.06. The highest BCUT2D eigenvalue weighted by atomic mass is 19.1. The topological polar surface area (TPSA) is 53.5 Å². The lowest BCUT2D eigenvalue weighted by atomic mass is 9.93. The van der Waals surface area contributed by atoms with Crippen LogP contribution in [-0.2, 0) is 4.79 Å². The molecule has 1 aromatic rings. The van der Waals surface area contributed by atoms with E-state index in [0.29, 0.717) is 31.5 Å². The van der Waals surface area contributed by atoms with E-state index in [4.69, 9.17) is 0 Å². The second-order valence-corrected chi connectivity index (χ2v) is 6.49. The number of likely N-dealkylation sites (tertiary alicyclic amines) is 2. The minimum Gasteiger partial charge on any atom is -0.343 e. The van der Waals surface area contributed by atoms with Crippen molar-refractivity contribution in [3.8, 4) is 0 Å². The Morgan fingerprint density at radius 1 is 1.25 bits per heavy atom. The van der Waals surface area contributed by atoms with Gasteiger partial charge in [0.1, 0.15) is 5.82 Å². The zero-order chi connectivity index (χ0) is 17.1. The van der Waals surface area contributed by atoms with Crippen LogP contribution in [0.1, 0.15) is 42.6 Å². The molecular weight excluding hydrogens is 316 g/mol. The predicted molar refractivity (Wildman–Crippen MR) is 83.2 cm³/mol. The third kappa shape index (κ3) is 3.71. The third-order valence-corrected chi connectivity index (χ3v) is 4.89. The summed E-state index contributed by atoms with van der Waals surface area (Å²) in [6.45, 7) is 2.71. The summed E-state index contributed by atoms with van der Waals surface area (Å²) in [6, 6.07) is 0.681. The number of pyridine rings is 1. The molecule has 2 fully saturated rings. The zero-order valence-electron chi connectivity index (χ0n) is 13.5. The summed E-state index contributed by atoms with van der Waals surface area (Å²) in [5.41, 5.74) is -0.322. The van der Waals surface area contributed by atoms with E-state index in [1.807, 2.05) is 4.90 Å². The van der Waals surface area contributed by atoms with Crippen molar-refractivity contribution in [2.75, 3.05) is 26.2 Å². The van der Waals surface area contributed by atoms with E-state index in [0.717, 1.165) is 45.0 Å². The van der Waals surface area contributed by atoms with Gasteiger partial charge in [0, 0.05) is 38.7 Å². The number of carbonyl (C=O) groups excluding carboxylic acids is 2. The van der Waals surface area contributed by atoms with Crippen molar-refractivity contribution in [3.63, 3.8) is 0 Å². The molecule has 0 aliphatic carbocycles. The quantitative estimate of drug-likeness (QED) is 0.847. The smallest absolute Gasteiger partial charge is 0.275 e. The van der Waals surface area contributed by atoms with E-state index in [1.54, 1.807) is 4.90 Å². The van der Waals surface area contributed by atoms with E-state index in [2.05, 4.69) is 4.98 Å². The molecule has 2 amide bonds. The number of hydrogen-bond acceptors (Lipinski definition) is 3. The van der Waals surface area contributed by atoms with Gasteiger partial charge in [-0.05, 0) is 31.6 Å². The molecule has 2 aliphatic rings. The minimum atomic E-state index is -0.922. The summed E-state index contributed by atoms with van der Waals surface area (Å²) in [5.74, 6) is -1.50. The number of halogens is 2. The maximum atomic E-state index is 13.7. The Morgan fingerprint density at radius 2 is 2.00 bits per heavy atom. The highest BCUT2D eigenvalue weighted by Gasteiger charge is 2.27. The van der Waals surface area contributed by atoms with Gasteiger partial charge >= 0.3 is 0 Å². The number of nitrogens with zero attached hydrogens (tertiary/aromatic N) is 3. The van der Waals surface area contributed by atoms with Gasteiger partial charge in [0.15, 0.2) is 11.5 Å². The second-order valence-electron chi connectivity index (χ2n) is 6.49. The van der Waals surface area contributed by atoms with Gasteiger partial charge in [-0.25, -0.2) is 13.8 Å². The molecule has 0 unspecified atom stereocenters. The van der Waals surface area contributed by atoms with Crippen molar-refractivity contribution in [3.05, 3.63) is 29.6 Å². The Balaban J connectivity index is 1.49. The molecule has 5 nitrogen and oxygen atoms in total. The average molecular weight is 337 g/mol. The normalized spacial score (nSPS) is 19.2. The fourth-order valence-electron chi connectivity index (χ4n) is 3.43. The summed E-state index contributed by atoms with van der Waals surface area (Å²) in [5, 5.41) is 0. The van der Waals surface area contributed by atoms with Crippen LogP contribution < -0.4 is 0 Å². The van der Waals surface area contributed by atoms with Gasteiger partial charge < -0.3 is 9.80 Å². The number of piperidine rings is 1. The maximum absolute atomic E-state index is 13.7. The molecule has 7 heteroatoms. The molecule has 0 saturated carbocycles. The lowest BCUT2D eigenvalue weighted by molar-refractivity contribution is -0.127. The second kappa shape index (κ2) is 7.23. The highest BCUT2D eigenvalue weighted by molar-refractivity contribution is 5.92. The molecule has 3 heterocycles. The molecule has 0 spiro atoms. The molecule has 0 atom stereocenters. The van der Waals surface area contributed by atoms with Crippen molar-refractivity contribution < 1.29 is 18.4 Å². The van der Waals surface area contributed by atoms with Crippen molar-refractivity contribution in [1.82, 2.24) is 14.8 Å². The standard InChI is InChI=1S/C17H21F2N3O2/c18-13-10-14(19)16(20-11-13)17(24)22-8-4-12(5-9-22)3-7-21-6-1-2-15(21)23/h10-12H,1-9H2. The Morgan fingerprint density at radius 3 is 2.62 bits per heavy atom. The first-order valence-corrected chi connectivity index (χ1v) is 8.42. The molecule has 1 aromatic heterocycles. The van der Waals surface area contributed by atoms with Crippen LogP contribution in [0.4, 0.5) is 8.78 Å². The van der Waals surface area contributed by atoms with Crippen molar-refractivity contribution in [1.29, 1.82) is 0 Å². The number of aromatic nitrogens is 1. The fourth-order valence-corrected chi connectivity index (χ4v) is 3.43. The van der Waals surface area contributed by atoms with Gasteiger partial charge in [0.05, 0.1) is 6.20 Å². The summed E-state index contributed by atoms with van der Waals surface area (Å²) in [7, 11) is 0. The van der Waals surface area contributed by atoms with Crippen LogP contribution in [0.5, 0.6) is 0 Å². The molecule has 0 bridgehead atoms. The van der Waals surface area contributed by atoms with Crippen molar-refractivity contribution in [2.24, 2.45) is 5.92 Å². The van der Waals surface area contributed by atoms with E-state index in [1.165, 1.54) is 0 Å². The third-order valence-electron chi connectivity index (χ3n) is 4.89. The first-order valence-electron chi connectivity index (χ1n) is 8.42. The average Bonchev–Trinajstić information content (AvgIpc) is 2.98. The molecule has 0 N–H and O–H groups in total. The molecule has 130 valence electrons. The predicted octanol–water partition coefficient (Wildman–Crippen LogP) is 2.22. The minimum absolute atomic E-state index is 0.237. The Bertz CT molecular complexity index is 630. The SMILES string of the molecule is O=C1CCCN1CCC1CCN(C(=O)c2ncc(F)cc2F)CC1. The number of hydrogen-bond donors (Lipinski definition) is 0. The monoisotopic (exact) mass is 337 g/mol. The first kappa shape index (κ1) is 16.8. The van der Waals surface area contributed by atoms with Gasteiger partial charge in [0.2, 0.25) is 5.91 Å². The number of rotatable bonds is 4. The van der Waals surface area contributed by atoms with E-state index < -0.39 is 17.5 Å². The van der Waals surface area contributed by atoms with Crippen LogP contribution in [0.25, 0.3) is 0 Å². The summed E-state index contributed by atoms with van der Waals surface area (Å²) in [4.78, 5) is 31.0. The molecule has 2 aliphatic heterocycles. The van der Waals surface area contributed by atoms with E-state index in [-0.39, 0.29) is 11.6 Å². The summed E-state index contributed by atoms with van der Waals surface area (Å²) >= 11 is 0. The van der Waals surface area contributed by atoms with Crippen LogP contribution in [0.15, 0.2) is 12.3 Å². The van der Waals surface area contributed by atoms with Gasteiger partial charge in [-0.3, -0.25) is 9.59 Å². The lowest BCUT2D eigenvalue weighted by Gasteiger charge is -2.32. The number of amides is 2. The largest absolute Gasteiger partial charge is 0.343 e. The van der Waals surface area contributed by atoms with Crippen LogP contribution in [0.2, 0.25) is 0 Å². The fraction of sp³-hybridized carbons (Fsp3) is 0.588. The van der Waals surface area contributed by atoms with Gasteiger partial charge in [-0.2, -0.15) is 0 Å². The Labute approximate surface area is 139 Å². The van der Waals surface area contributed by atoms with Crippen LogP contribution in [0, 0.1) is 17.6 Å².